The molecule has 0 bridgehead atoms. The van der Waals surface area contributed by atoms with E-state index in [1.165, 1.54) is 6.20 Å². The van der Waals surface area contributed by atoms with E-state index in [0.717, 1.165) is 0 Å². The first kappa shape index (κ1) is 18.4. The number of aliphatic hydroxyl groups excluding tert-OH is 1. The van der Waals surface area contributed by atoms with Crippen LogP contribution in [0.1, 0.15) is 24.3 Å². The van der Waals surface area contributed by atoms with Crippen molar-refractivity contribution in [3.63, 3.8) is 0 Å². The smallest absolute Gasteiger partial charge is 0.273 e. The fraction of sp³-hybridized carbons (Fsp3) is 0.312. The highest BCUT2D eigenvalue weighted by molar-refractivity contribution is 6.43. The molecule has 1 heterocycles. The first-order valence-electron chi connectivity index (χ1n) is 7.21. The van der Waals surface area contributed by atoms with E-state index in [-0.39, 0.29) is 24.7 Å². The topological polar surface area (TPSA) is 101 Å². The normalized spacial score (nSPS) is 11.4. The fourth-order valence-electron chi connectivity index (χ4n) is 1.86. The number of anilines is 1. The summed E-state index contributed by atoms with van der Waals surface area (Å²) in [5.74, 6) is -0.460. The highest BCUT2D eigenvalue weighted by atomic mass is 35.5. The van der Waals surface area contributed by atoms with Gasteiger partial charge in [0.05, 0.1) is 21.9 Å². The van der Waals surface area contributed by atoms with Gasteiger partial charge in [0.15, 0.2) is 11.5 Å². The van der Waals surface area contributed by atoms with Crippen LogP contribution in [0.5, 0.6) is 0 Å². The van der Waals surface area contributed by atoms with Crippen molar-refractivity contribution >= 4 is 34.9 Å². The van der Waals surface area contributed by atoms with Crippen molar-refractivity contribution in [2.24, 2.45) is 5.41 Å². The van der Waals surface area contributed by atoms with Crippen LogP contribution in [-0.4, -0.2) is 34.1 Å². The maximum Gasteiger partial charge on any atom is 0.273 e. The third kappa shape index (κ3) is 4.14. The Kier molecular flexibility index (Phi) is 5.64. The first-order chi connectivity index (χ1) is 11.2. The molecule has 0 unspecified atom stereocenters. The summed E-state index contributed by atoms with van der Waals surface area (Å²) in [7, 11) is 0. The number of hydrogen-bond donors (Lipinski definition) is 3. The van der Waals surface area contributed by atoms with Gasteiger partial charge in [-0.15, -0.1) is 0 Å². The predicted octanol–water partition coefficient (Wildman–Crippen LogP) is 2.78. The molecular weight excluding hydrogens is 351 g/mol. The Labute approximate surface area is 150 Å². The van der Waals surface area contributed by atoms with E-state index >= 15 is 0 Å². The van der Waals surface area contributed by atoms with Gasteiger partial charge in [-0.2, -0.15) is 0 Å². The zero-order chi connectivity index (χ0) is 17.9. The van der Waals surface area contributed by atoms with E-state index < -0.39 is 11.3 Å². The Morgan fingerprint density at radius 1 is 1.38 bits per heavy atom. The van der Waals surface area contributed by atoms with E-state index in [0.29, 0.717) is 21.3 Å². The van der Waals surface area contributed by atoms with E-state index in [9.17, 15) is 9.90 Å². The number of hydrogen-bond acceptors (Lipinski definition) is 5. The van der Waals surface area contributed by atoms with Crippen molar-refractivity contribution in [3.8, 4) is 11.3 Å². The molecule has 2 rings (SSSR count). The lowest BCUT2D eigenvalue weighted by atomic mass is 9.95. The molecule has 0 aliphatic rings. The van der Waals surface area contributed by atoms with Gasteiger partial charge in [0.25, 0.3) is 5.91 Å². The average molecular weight is 369 g/mol. The van der Waals surface area contributed by atoms with Crippen LogP contribution < -0.4 is 11.1 Å². The van der Waals surface area contributed by atoms with Gasteiger partial charge in [-0.25, -0.2) is 9.97 Å². The predicted molar refractivity (Wildman–Crippen MR) is 95.1 cm³/mol. The highest BCUT2D eigenvalue weighted by Crippen LogP contribution is 2.32. The zero-order valence-electron chi connectivity index (χ0n) is 13.3. The minimum Gasteiger partial charge on any atom is -0.396 e. The summed E-state index contributed by atoms with van der Waals surface area (Å²) in [5.41, 5.74) is 6.26. The lowest BCUT2D eigenvalue weighted by Gasteiger charge is -2.21. The van der Waals surface area contributed by atoms with Gasteiger partial charge >= 0.3 is 0 Å². The lowest BCUT2D eigenvalue weighted by molar-refractivity contribution is 0.0907. The van der Waals surface area contributed by atoms with Gasteiger partial charge in [0.2, 0.25) is 0 Å². The van der Waals surface area contributed by atoms with Crippen molar-refractivity contribution in [2.45, 2.75) is 13.8 Å². The van der Waals surface area contributed by atoms with Gasteiger partial charge in [0, 0.05) is 24.1 Å². The average Bonchev–Trinajstić information content (AvgIpc) is 2.56. The number of aromatic nitrogens is 2. The number of nitrogens with one attached hydrogen (secondary N) is 1. The molecule has 2 aromatic rings. The summed E-state index contributed by atoms with van der Waals surface area (Å²) in [6.45, 7) is 3.85. The number of aliphatic hydroxyl groups is 1. The number of carbonyl (C=O) groups is 1. The second-order valence-electron chi connectivity index (χ2n) is 6.10. The Morgan fingerprint density at radius 3 is 2.75 bits per heavy atom. The van der Waals surface area contributed by atoms with Gasteiger partial charge in [0.1, 0.15) is 0 Å². The summed E-state index contributed by atoms with van der Waals surface area (Å²) >= 11 is 12.2. The SMILES string of the molecule is CC(C)(CO)CNC(=O)c1nc(-c2cccc(Cl)c2Cl)cnc1N. The number of nitrogen functional groups attached to an aromatic ring is 1. The number of carbonyl (C=O) groups excluding carboxylic acids is 1. The molecule has 6 nitrogen and oxygen atoms in total. The molecule has 1 amide bonds. The summed E-state index contributed by atoms with van der Waals surface area (Å²) in [6.07, 6.45) is 1.43. The Balaban J connectivity index is 2.32. The molecule has 0 aliphatic carbocycles. The molecule has 0 fully saturated rings. The van der Waals surface area contributed by atoms with Crippen LogP contribution in [0.15, 0.2) is 24.4 Å². The van der Waals surface area contributed by atoms with Crippen molar-refractivity contribution in [1.82, 2.24) is 15.3 Å². The van der Waals surface area contributed by atoms with Crippen LogP contribution in [0.2, 0.25) is 10.0 Å². The molecule has 24 heavy (non-hydrogen) atoms. The van der Waals surface area contributed by atoms with Crippen LogP contribution in [0.4, 0.5) is 5.82 Å². The minimum absolute atomic E-state index is 0.00252. The molecular formula is C16H18Cl2N4O2. The van der Waals surface area contributed by atoms with Gasteiger partial charge < -0.3 is 16.2 Å². The van der Waals surface area contributed by atoms with Crippen molar-refractivity contribution in [2.75, 3.05) is 18.9 Å². The number of nitrogens with two attached hydrogens (primary N) is 1. The molecule has 0 saturated carbocycles. The molecule has 0 saturated heterocycles. The summed E-state index contributed by atoms with van der Waals surface area (Å²) in [4.78, 5) is 20.6. The maximum atomic E-state index is 12.3. The molecule has 0 aliphatic heterocycles. The third-order valence-corrected chi connectivity index (χ3v) is 4.22. The molecule has 4 N–H and O–H groups in total. The number of amides is 1. The molecule has 1 aromatic carbocycles. The monoisotopic (exact) mass is 368 g/mol. The van der Waals surface area contributed by atoms with Gasteiger partial charge in [-0.05, 0) is 6.07 Å². The van der Waals surface area contributed by atoms with Crippen LogP contribution in [0.25, 0.3) is 11.3 Å². The number of rotatable bonds is 5. The van der Waals surface area contributed by atoms with Crippen LogP contribution in [0.3, 0.4) is 0 Å². The molecule has 0 atom stereocenters. The van der Waals surface area contributed by atoms with E-state index in [1.54, 1.807) is 18.2 Å². The standard InChI is InChI=1S/C16H18Cl2N4O2/c1-16(2,8-23)7-21-15(24)13-14(19)20-6-11(22-13)9-4-3-5-10(17)12(9)18/h3-6,23H,7-8H2,1-2H3,(H2,19,20)(H,21,24). The number of nitrogens with zero attached hydrogens (tertiary/aromatic N) is 2. The Hall–Kier alpha value is -1.89. The molecule has 0 spiro atoms. The van der Waals surface area contributed by atoms with Crippen LogP contribution in [0, 0.1) is 5.41 Å². The van der Waals surface area contributed by atoms with Crippen molar-refractivity contribution in [1.29, 1.82) is 0 Å². The second-order valence-corrected chi connectivity index (χ2v) is 6.88. The first-order valence-corrected chi connectivity index (χ1v) is 7.97. The summed E-state index contributed by atoms with van der Waals surface area (Å²) < 4.78 is 0. The Bertz CT molecular complexity index is 766. The molecule has 1 aromatic heterocycles. The minimum atomic E-state index is -0.471. The van der Waals surface area contributed by atoms with E-state index in [2.05, 4.69) is 15.3 Å². The number of benzene rings is 1. The van der Waals surface area contributed by atoms with E-state index in [4.69, 9.17) is 28.9 Å². The van der Waals surface area contributed by atoms with Gasteiger partial charge in [-0.1, -0.05) is 49.2 Å². The molecule has 128 valence electrons. The quantitative estimate of drug-likeness (QED) is 0.752. The summed E-state index contributed by atoms with van der Waals surface area (Å²) in [6, 6.07) is 5.11. The van der Waals surface area contributed by atoms with Crippen molar-refractivity contribution < 1.29 is 9.90 Å². The molecule has 8 heteroatoms. The van der Waals surface area contributed by atoms with Crippen molar-refractivity contribution in [3.05, 3.63) is 40.1 Å². The fourth-order valence-corrected chi connectivity index (χ4v) is 2.25. The summed E-state index contributed by atoms with van der Waals surface area (Å²) in [5, 5.41) is 12.6. The number of halogens is 2. The molecule has 0 radical (unpaired) electrons. The second kappa shape index (κ2) is 7.34. The highest BCUT2D eigenvalue weighted by Gasteiger charge is 2.21. The Morgan fingerprint density at radius 2 is 2.08 bits per heavy atom. The maximum absolute atomic E-state index is 12.3. The zero-order valence-corrected chi connectivity index (χ0v) is 14.8. The third-order valence-electron chi connectivity index (χ3n) is 3.40. The largest absolute Gasteiger partial charge is 0.396 e. The lowest BCUT2D eigenvalue weighted by Crippen LogP contribution is -2.36. The van der Waals surface area contributed by atoms with Crippen LogP contribution >= 0.6 is 23.2 Å². The van der Waals surface area contributed by atoms with Crippen LogP contribution in [-0.2, 0) is 0 Å². The van der Waals surface area contributed by atoms with Gasteiger partial charge in [-0.3, -0.25) is 4.79 Å². The van der Waals surface area contributed by atoms with E-state index in [1.807, 2.05) is 13.8 Å².